The van der Waals surface area contributed by atoms with Crippen LogP contribution in [0.3, 0.4) is 0 Å². The predicted molar refractivity (Wildman–Crippen MR) is 90.0 cm³/mol. The van der Waals surface area contributed by atoms with Crippen molar-refractivity contribution in [1.29, 1.82) is 0 Å². The van der Waals surface area contributed by atoms with E-state index in [2.05, 4.69) is 4.98 Å². The summed E-state index contributed by atoms with van der Waals surface area (Å²) in [6.07, 6.45) is 1.49. The maximum absolute atomic E-state index is 13.7. The third-order valence-electron chi connectivity index (χ3n) is 3.68. The standard InChI is InChI=1S/C18H13ClFNO3/c1-23-16-6-4-11(20)8-14(16)17-13-7-10(18(22)24-2)3-5-12(13)15(19)9-21-17/h3-9H,1-2H3. The fraction of sp³-hybridized carbons (Fsp3) is 0.111. The Hall–Kier alpha value is -2.66. The van der Waals surface area contributed by atoms with Crippen molar-refractivity contribution in [3.63, 3.8) is 0 Å². The number of esters is 1. The first-order valence-electron chi connectivity index (χ1n) is 7.05. The Labute approximate surface area is 142 Å². The number of ether oxygens (including phenoxy) is 2. The van der Waals surface area contributed by atoms with Crippen molar-refractivity contribution >= 4 is 28.3 Å². The molecule has 0 fully saturated rings. The van der Waals surface area contributed by atoms with Gasteiger partial charge < -0.3 is 9.47 Å². The van der Waals surface area contributed by atoms with Crippen molar-refractivity contribution in [2.45, 2.75) is 0 Å². The zero-order valence-electron chi connectivity index (χ0n) is 13.0. The molecule has 0 unspecified atom stereocenters. The van der Waals surface area contributed by atoms with Crippen molar-refractivity contribution in [2.75, 3.05) is 14.2 Å². The molecule has 0 aliphatic rings. The molecule has 2 aromatic carbocycles. The van der Waals surface area contributed by atoms with Crippen LogP contribution in [0.5, 0.6) is 5.75 Å². The van der Waals surface area contributed by atoms with E-state index in [-0.39, 0.29) is 0 Å². The van der Waals surface area contributed by atoms with E-state index in [1.807, 2.05) is 0 Å². The first-order chi connectivity index (χ1) is 11.5. The van der Waals surface area contributed by atoms with Gasteiger partial charge in [0, 0.05) is 22.5 Å². The number of carbonyl (C=O) groups excluding carboxylic acids is 1. The molecule has 6 heteroatoms. The lowest BCUT2D eigenvalue weighted by atomic mass is 10.0. The monoisotopic (exact) mass is 345 g/mol. The average molecular weight is 346 g/mol. The van der Waals surface area contributed by atoms with E-state index >= 15 is 0 Å². The molecule has 0 aliphatic carbocycles. The molecule has 24 heavy (non-hydrogen) atoms. The smallest absolute Gasteiger partial charge is 0.337 e. The van der Waals surface area contributed by atoms with Crippen LogP contribution in [0.1, 0.15) is 10.4 Å². The summed E-state index contributed by atoms with van der Waals surface area (Å²) in [5.74, 6) is -0.426. The molecule has 0 bridgehead atoms. The maximum atomic E-state index is 13.7. The van der Waals surface area contributed by atoms with Gasteiger partial charge in [0.2, 0.25) is 0 Å². The molecule has 0 radical (unpaired) electrons. The van der Waals surface area contributed by atoms with E-state index in [0.29, 0.717) is 38.4 Å². The van der Waals surface area contributed by atoms with Crippen molar-refractivity contribution in [3.8, 4) is 17.0 Å². The van der Waals surface area contributed by atoms with Gasteiger partial charge in [0.15, 0.2) is 0 Å². The topological polar surface area (TPSA) is 48.4 Å². The lowest BCUT2D eigenvalue weighted by Crippen LogP contribution is -2.01. The lowest BCUT2D eigenvalue weighted by Gasteiger charge is -2.12. The van der Waals surface area contributed by atoms with E-state index in [4.69, 9.17) is 21.1 Å². The Balaban J connectivity index is 2.34. The van der Waals surface area contributed by atoms with Gasteiger partial charge in [0.05, 0.1) is 30.5 Å². The molecule has 0 aliphatic heterocycles. The summed E-state index contributed by atoms with van der Waals surface area (Å²) in [7, 11) is 2.80. The number of hydrogen-bond acceptors (Lipinski definition) is 4. The van der Waals surface area contributed by atoms with E-state index in [1.54, 1.807) is 18.2 Å². The number of nitrogens with zero attached hydrogens (tertiary/aromatic N) is 1. The van der Waals surface area contributed by atoms with Gasteiger partial charge in [-0.25, -0.2) is 9.18 Å². The Morgan fingerprint density at radius 3 is 2.62 bits per heavy atom. The Morgan fingerprint density at radius 1 is 1.12 bits per heavy atom. The highest BCUT2D eigenvalue weighted by molar-refractivity contribution is 6.35. The Morgan fingerprint density at radius 2 is 1.92 bits per heavy atom. The second-order valence-electron chi connectivity index (χ2n) is 5.05. The predicted octanol–water partition coefficient (Wildman–Crippen LogP) is 4.49. The molecule has 3 aromatic rings. The van der Waals surface area contributed by atoms with Crippen LogP contribution in [0.4, 0.5) is 4.39 Å². The van der Waals surface area contributed by atoms with Crippen LogP contribution in [0.15, 0.2) is 42.6 Å². The summed E-state index contributed by atoms with van der Waals surface area (Å²) in [4.78, 5) is 16.1. The van der Waals surface area contributed by atoms with E-state index in [1.165, 1.54) is 38.6 Å². The van der Waals surface area contributed by atoms with E-state index < -0.39 is 11.8 Å². The minimum Gasteiger partial charge on any atom is -0.496 e. The highest BCUT2D eigenvalue weighted by Crippen LogP contribution is 2.36. The van der Waals surface area contributed by atoms with Gasteiger partial charge in [0.1, 0.15) is 11.6 Å². The molecule has 3 rings (SSSR count). The maximum Gasteiger partial charge on any atom is 0.337 e. The average Bonchev–Trinajstić information content (AvgIpc) is 2.61. The molecule has 0 N–H and O–H groups in total. The summed E-state index contributed by atoms with van der Waals surface area (Å²) in [5, 5.41) is 1.73. The third-order valence-corrected chi connectivity index (χ3v) is 3.98. The van der Waals surface area contributed by atoms with Gasteiger partial charge in [-0.3, -0.25) is 4.98 Å². The van der Waals surface area contributed by atoms with Gasteiger partial charge in [-0.1, -0.05) is 17.7 Å². The van der Waals surface area contributed by atoms with Crippen LogP contribution < -0.4 is 4.74 Å². The van der Waals surface area contributed by atoms with Crippen LogP contribution in [0.2, 0.25) is 5.02 Å². The molecule has 0 saturated carbocycles. The minimum absolute atomic E-state index is 0.352. The fourth-order valence-electron chi connectivity index (χ4n) is 2.53. The summed E-state index contributed by atoms with van der Waals surface area (Å²) >= 11 is 6.20. The second-order valence-corrected chi connectivity index (χ2v) is 5.46. The first-order valence-corrected chi connectivity index (χ1v) is 7.43. The highest BCUT2D eigenvalue weighted by atomic mass is 35.5. The van der Waals surface area contributed by atoms with Crippen LogP contribution in [-0.2, 0) is 4.74 Å². The Kier molecular flexibility index (Phi) is 4.36. The number of halogens is 2. The highest BCUT2D eigenvalue weighted by Gasteiger charge is 2.16. The molecule has 0 saturated heterocycles. The van der Waals surface area contributed by atoms with E-state index in [9.17, 15) is 9.18 Å². The number of aromatic nitrogens is 1. The molecule has 1 aromatic heterocycles. The number of fused-ring (bicyclic) bond motifs is 1. The van der Waals surface area contributed by atoms with Crippen molar-refractivity contribution < 1.29 is 18.7 Å². The van der Waals surface area contributed by atoms with Gasteiger partial charge in [0.25, 0.3) is 0 Å². The molecule has 122 valence electrons. The fourth-order valence-corrected chi connectivity index (χ4v) is 2.75. The van der Waals surface area contributed by atoms with Gasteiger partial charge >= 0.3 is 5.97 Å². The van der Waals surface area contributed by atoms with Crippen molar-refractivity contribution in [3.05, 3.63) is 59.0 Å². The number of benzene rings is 2. The van der Waals surface area contributed by atoms with E-state index in [0.717, 1.165) is 0 Å². The first kappa shape index (κ1) is 16.2. The summed E-state index contributed by atoms with van der Waals surface area (Å²) in [6.45, 7) is 0. The summed E-state index contributed by atoms with van der Waals surface area (Å²) < 4.78 is 23.8. The largest absolute Gasteiger partial charge is 0.496 e. The molecule has 0 spiro atoms. The summed E-state index contributed by atoms with van der Waals surface area (Å²) in [6, 6.07) is 9.11. The summed E-state index contributed by atoms with van der Waals surface area (Å²) in [5.41, 5.74) is 1.29. The van der Waals surface area contributed by atoms with Crippen molar-refractivity contribution in [2.24, 2.45) is 0 Å². The molecule has 4 nitrogen and oxygen atoms in total. The number of pyridine rings is 1. The molecule has 0 atom stereocenters. The van der Waals surface area contributed by atoms with Gasteiger partial charge in [-0.15, -0.1) is 0 Å². The number of rotatable bonds is 3. The van der Waals surface area contributed by atoms with Gasteiger partial charge in [-0.05, 0) is 30.3 Å². The van der Waals surface area contributed by atoms with Crippen LogP contribution in [0.25, 0.3) is 22.0 Å². The zero-order valence-corrected chi connectivity index (χ0v) is 13.7. The molecule has 1 heterocycles. The lowest BCUT2D eigenvalue weighted by molar-refractivity contribution is 0.0601. The third kappa shape index (κ3) is 2.78. The quantitative estimate of drug-likeness (QED) is 0.656. The van der Waals surface area contributed by atoms with Gasteiger partial charge in [-0.2, -0.15) is 0 Å². The molecular weight excluding hydrogens is 333 g/mol. The number of carbonyl (C=O) groups is 1. The SMILES string of the molecule is COC(=O)c1ccc2c(Cl)cnc(-c3cc(F)ccc3OC)c2c1. The van der Waals surface area contributed by atoms with Crippen molar-refractivity contribution in [1.82, 2.24) is 4.98 Å². The van der Waals surface area contributed by atoms with Crippen LogP contribution >= 0.6 is 11.6 Å². The zero-order chi connectivity index (χ0) is 17.3. The minimum atomic E-state index is -0.478. The second kappa shape index (κ2) is 6.45. The molecular formula is C18H13ClFNO3. The molecule has 0 amide bonds. The number of hydrogen-bond donors (Lipinski definition) is 0. The number of methoxy groups -OCH3 is 2. The van der Waals surface area contributed by atoms with Crippen LogP contribution in [-0.4, -0.2) is 25.2 Å². The normalized spacial score (nSPS) is 10.7. The Bertz CT molecular complexity index is 943. The van der Waals surface area contributed by atoms with Crippen LogP contribution in [0, 0.1) is 5.82 Å².